The molecule has 0 aliphatic heterocycles. The fourth-order valence-electron chi connectivity index (χ4n) is 2.30. The molecule has 0 amide bonds. The summed E-state index contributed by atoms with van der Waals surface area (Å²) >= 11 is 0. The number of hydrogen-bond donors (Lipinski definition) is 3. The number of nitrogens with one attached hydrogen (secondary N) is 1. The number of nitrogens with two attached hydrogens (primary N) is 1. The third-order valence-corrected chi connectivity index (χ3v) is 3.24. The third-order valence-electron chi connectivity index (χ3n) is 3.24. The van der Waals surface area contributed by atoms with E-state index >= 15 is 0 Å². The Bertz CT molecular complexity index is 579. The Balaban J connectivity index is 2.55. The first kappa shape index (κ1) is 12.6. The van der Waals surface area contributed by atoms with Crippen LogP contribution in [0.5, 0.6) is 0 Å². The number of hydrogen-bond acceptors (Lipinski definition) is 2. The second-order valence-corrected chi connectivity index (χ2v) is 4.29. The van der Waals surface area contributed by atoms with Gasteiger partial charge in [-0.05, 0) is 24.1 Å². The summed E-state index contributed by atoms with van der Waals surface area (Å²) in [5, 5.41) is 9.43. The summed E-state index contributed by atoms with van der Waals surface area (Å²) in [6.45, 7) is 1.84. The molecule has 0 aliphatic carbocycles. The molecular formula is C13H15FN2O2. The van der Waals surface area contributed by atoms with Crippen LogP contribution in [-0.4, -0.2) is 22.1 Å². The van der Waals surface area contributed by atoms with E-state index < -0.39 is 17.9 Å². The number of halogens is 1. The van der Waals surface area contributed by atoms with Gasteiger partial charge in [-0.1, -0.05) is 13.0 Å². The van der Waals surface area contributed by atoms with E-state index in [4.69, 9.17) is 10.8 Å². The molecule has 0 unspecified atom stereocenters. The Morgan fingerprint density at radius 1 is 1.56 bits per heavy atom. The summed E-state index contributed by atoms with van der Waals surface area (Å²) in [7, 11) is 0. The highest BCUT2D eigenvalue weighted by atomic mass is 19.1. The molecule has 96 valence electrons. The number of aromatic amines is 1. The normalized spacial score (nSPS) is 14.6. The molecule has 4 N–H and O–H groups in total. The molecule has 2 atom stereocenters. The molecule has 2 aromatic rings. The zero-order valence-corrected chi connectivity index (χ0v) is 9.98. The Kier molecular flexibility index (Phi) is 3.34. The van der Waals surface area contributed by atoms with Crippen molar-refractivity contribution in [3.8, 4) is 0 Å². The van der Waals surface area contributed by atoms with Crippen LogP contribution in [0.15, 0.2) is 24.4 Å². The number of fused-ring (bicyclic) bond motifs is 1. The van der Waals surface area contributed by atoms with E-state index in [1.807, 2.05) is 6.92 Å². The lowest BCUT2D eigenvalue weighted by Gasteiger charge is -2.18. The van der Waals surface area contributed by atoms with Crippen molar-refractivity contribution in [2.75, 3.05) is 0 Å². The monoisotopic (exact) mass is 250 g/mol. The molecule has 4 nitrogen and oxygen atoms in total. The molecule has 1 aromatic heterocycles. The van der Waals surface area contributed by atoms with Crippen LogP contribution in [-0.2, 0) is 4.79 Å². The van der Waals surface area contributed by atoms with E-state index in [1.165, 1.54) is 6.07 Å². The first-order valence-corrected chi connectivity index (χ1v) is 5.80. The fourth-order valence-corrected chi connectivity index (χ4v) is 2.30. The van der Waals surface area contributed by atoms with Crippen LogP contribution in [0.4, 0.5) is 4.39 Å². The largest absolute Gasteiger partial charge is 0.480 e. The van der Waals surface area contributed by atoms with Gasteiger partial charge >= 0.3 is 5.97 Å². The van der Waals surface area contributed by atoms with Gasteiger partial charge < -0.3 is 15.8 Å². The lowest BCUT2D eigenvalue weighted by atomic mass is 9.89. The van der Waals surface area contributed by atoms with Crippen molar-refractivity contribution in [2.45, 2.75) is 25.3 Å². The van der Waals surface area contributed by atoms with E-state index in [0.29, 0.717) is 22.9 Å². The molecule has 5 heteroatoms. The average Bonchev–Trinajstić information content (AvgIpc) is 2.75. The molecule has 1 heterocycles. The van der Waals surface area contributed by atoms with Gasteiger partial charge in [-0.3, -0.25) is 4.79 Å². The quantitative estimate of drug-likeness (QED) is 0.778. The minimum absolute atomic E-state index is 0.361. The first-order chi connectivity index (χ1) is 8.56. The number of aromatic nitrogens is 1. The van der Waals surface area contributed by atoms with Crippen LogP contribution in [0.3, 0.4) is 0 Å². The van der Waals surface area contributed by atoms with Gasteiger partial charge in [0.05, 0.1) is 0 Å². The molecule has 0 fully saturated rings. The summed E-state index contributed by atoms with van der Waals surface area (Å²) in [6, 6.07) is 3.68. The standard InChI is InChI=1S/C13H15FN2O2/c1-2-7(12(15)13(17)18)8-6-16-10-5-3-4-9(14)11(8)10/h3-7,12,16H,2,15H2,1H3,(H,17,18)/t7-,12-/m0/s1. The second-order valence-electron chi connectivity index (χ2n) is 4.29. The van der Waals surface area contributed by atoms with Crippen molar-refractivity contribution in [3.05, 3.63) is 35.8 Å². The summed E-state index contributed by atoms with van der Waals surface area (Å²) < 4.78 is 13.8. The van der Waals surface area contributed by atoms with Crippen LogP contribution in [0, 0.1) is 5.82 Å². The van der Waals surface area contributed by atoms with Crippen molar-refractivity contribution >= 4 is 16.9 Å². The number of benzene rings is 1. The molecule has 2 rings (SSSR count). The van der Waals surface area contributed by atoms with E-state index in [2.05, 4.69) is 4.98 Å². The van der Waals surface area contributed by atoms with Gasteiger partial charge in [0, 0.05) is 23.0 Å². The van der Waals surface area contributed by atoms with Crippen molar-refractivity contribution in [2.24, 2.45) is 5.73 Å². The molecule has 0 saturated heterocycles. The lowest BCUT2D eigenvalue weighted by molar-refractivity contribution is -0.139. The highest BCUT2D eigenvalue weighted by Gasteiger charge is 2.27. The predicted molar refractivity (Wildman–Crippen MR) is 66.9 cm³/mol. The number of carbonyl (C=O) groups is 1. The molecule has 0 radical (unpaired) electrons. The van der Waals surface area contributed by atoms with Gasteiger partial charge in [-0.15, -0.1) is 0 Å². The maximum atomic E-state index is 13.8. The SMILES string of the molecule is CC[C@@H](c1c[nH]c2cccc(F)c12)[C@H](N)C(=O)O. The lowest BCUT2D eigenvalue weighted by Crippen LogP contribution is -2.36. The number of rotatable bonds is 4. The highest BCUT2D eigenvalue weighted by molar-refractivity contribution is 5.86. The van der Waals surface area contributed by atoms with Gasteiger partial charge in [0.15, 0.2) is 0 Å². The zero-order chi connectivity index (χ0) is 13.3. The highest BCUT2D eigenvalue weighted by Crippen LogP contribution is 2.31. The van der Waals surface area contributed by atoms with E-state index in [0.717, 1.165) is 0 Å². The van der Waals surface area contributed by atoms with Gasteiger partial charge in [-0.25, -0.2) is 4.39 Å². The van der Waals surface area contributed by atoms with Crippen LogP contribution in [0.25, 0.3) is 10.9 Å². The predicted octanol–water partition coefficient (Wildman–Crippen LogP) is 2.21. The van der Waals surface area contributed by atoms with Gasteiger partial charge in [0.25, 0.3) is 0 Å². The number of aliphatic carboxylic acids is 1. The maximum absolute atomic E-state index is 13.8. The first-order valence-electron chi connectivity index (χ1n) is 5.80. The average molecular weight is 250 g/mol. The van der Waals surface area contributed by atoms with Crippen LogP contribution in [0.2, 0.25) is 0 Å². The van der Waals surface area contributed by atoms with Crippen molar-refractivity contribution < 1.29 is 14.3 Å². The van der Waals surface area contributed by atoms with Gasteiger partial charge in [0.2, 0.25) is 0 Å². The van der Waals surface area contributed by atoms with E-state index in [-0.39, 0.29) is 5.82 Å². The summed E-state index contributed by atoms with van der Waals surface area (Å²) in [5.74, 6) is -1.85. The summed E-state index contributed by atoms with van der Waals surface area (Å²) in [4.78, 5) is 13.9. The molecule has 0 bridgehead atoms. The third kappa shape index (κ3) is 1.97. The Hall–Kier alpha value is -1.88. The molecule has 0 saturated carbocycles. The molecular weight excluding hydrogens is 235 g/mol. The minimum Gasteiger partial charge on any atom is -0.480 e. The smallest absolute Gasteiger partial charge is 0.321 e. The van der Waals surface area contributed by atoms with Crippen molar-refractivity contribution in [3.63, 3.8) is 0 Å². The molecule has 0 spiro atoms. The Morgan fingerprint density at radius 2 is 2.28 bits per heavy atom. The second kappa shape index (κ2) is 4.78. The van der Waals surface area contributed by atoms with Crippen molar-refractivity contribution in [1.29, 1.82) is 0 Å². The zero-order valence-electron chi connectivity index (χ0n) is 9.98. The molecule has 0 aliphatic rings. The van der Waals surface area contributed by atoms with E-state index in [9.17, 15) is 9.18 Å². The number of H-pyrrole nitrogens is 1. The molecule has 1 aromatic carbocycles. The fraction of sp³-hybridized carbons (Fsp3) is 0.308. The Labute approximate surface area is 104 Å². The Morgan fingerprint density at radius 3 is 2.89 bits per heavy atom. The summed E-state index contributed by atoms with van der Waals surface area (Å²) in [5.41, 5.74) is 6.95. The number of carboxylic acids is 1. The van der Waals surface area contributed by atoms with Gasteiger partial charge in [0.1, 0.15) is 11.9 Å². The molecule has 18 heavy (non-hydrogen) atoms. The number of carboxylic acid groups (broad SMARTS) is 1. The topological polar surface area (TPSA) is 79.1 Å². The minimum atomic E-state index is -1.08. The van der Waals surface area contributed by atoms with Crippen molar-refractivity contribution in [1.82, 2.24) is 4.98 Å². The van der Waals surface area contributed by atoms with Crippen LogP contribution in [0.1, 0.15) is 24.8 Å². The maximum Gasteiger partial charge on any atom is 0.321 e. The van der Waals surface area contributed by atoms with Gasteiger partial charge in [-0.2, -0.15) is 0 Å². The summed E-state index contributed by atoms with van der Waals surface area (Å²) in [6.07, 6.45) is 2.18. The van der Waals surface area contributed by atoms with Crippen LogP contribution < -0.4 is 5.73 Å². The van der Waals surface area contributed by atoms with Crippen LogP contribution >= 0.6 is 0 Å². The van der Waals surface area contributed by atoms with E-state index in [1.54, 1.807) is 18.3 Å².